The van der Waals surface area contributed by atoms with Crippen LogP contribution < -0.4 is 20.1 Å². The minimum Gasteiger partial charge on any atom is -0.493 e. The number of nitrogens with zero attached hydrogens (tertiary/aromatic N) is 2. The number of primary amides is 1. The molecule has 0 aliphatic carbocycles. The number of benzene rings is 2. The fourth-order valence-corrected chi connectivity index (χ4v) is 3.67. The van der Waals surface area contributed by atoms with Crippen molar-refractivity contribution in [3.05, 3.63) is 54.1 Å². The third-order valence-corrected chi connectivity index (χ3v) is 5.01. The Morgan fingerprint density at radius 3 is 2.59 bits per heavy atom. The van der Waals surface area contributed by atoms with Crippen molar-refractivity contribution in [3.63, 3.8) is 0 Å². The van der Waals surface area contributed by atoms with Crippen LogP contribution in [0, 0.1) is 0 Å². The molecular weight excluding hydrogens is 380 g/mol. The van der Waals surface area contributed by atoms with Gasteiger partial charge < -0.3 is 20.1 Å². The van der Waals surface area contributed by atoms with Crippen LogP contribution in [-0.2, 0) is 11.2 Å². The first-order chi connectivity index (χ1) is 14.0. The molecule has 0 bridgehead atoms. The van der Waals surface area contributed by atoms with Crippen LogP contribution in [0.4, 0.5) is 14.5 Å². The molecule has 2 aromatic rings. The third kappa shape index (κ3) is 5.57. The minimum absolute atomic E-state index is 0.000764. The van der Waals surface area contributed by atoms with Crippen molar-refractivity contribution in [2.75, 3.05) is 38.2 Å². The predicted molar refractivity (Wildman–Crippen MR) is 107 cm³/mol. The average molecular weight is 405 g/mol. The zero-order valence-corrected chi connectivity index (χ0v) is 16.3. The molecule has 0 unspecified atom stereocenters. The van der Waals surface area contributed by atoms with Gasteiger partial charge in [-0.2, -0.15) is 8.78 Å². The first-order valence-electron chi connectivity index (χ1n) is 9.40. The van der Waals surface area contributed by atoms with Crippen molar-refractivity contribution in [2.24, 2.45) is 5.73 Å². The summed E-state index contributed by atoms with van der Waals surface area (Å²) < 4.78 is 35.2. The smallest absolute Gasteiger partial charge is 0.387 e. The molecule has 1 saturated heterocycles. The molecule has 8 heteroatoms. The molecule has 1 atom stereocenters. The second-order valence-electron chi connectivity index (χ2n) is 6.94. The lowest BCUT2D eigenvalue weighted by Crippen LogP contribution is -2.56. The molecule has 3 rings (SSSR count). The van der Waals surface area contributed by atoms with Crippen molar-refractivity contribution in [1.29, 1.82) is 0 Å². The molecule has 1 fully saturated rings. The molecule has 6 nitrogen and oxygen atoms in total. The number of rotatable bonds is 8. The molecule has 1 aliphatic rings. The number of alkyl halides is 2. The Morgan fingerprint density at radius 1 is 1.17 bits per heavy atom. The molecule has 0 aromatic heterocycles. The summed E-state index contributed by atoms with van der Waals surface area (Å²) >= 11 is 0. The van der Waals surface area contributed by atoms with Gasteiger partial charge in [0.15, 0.2) is 11.5 Å². The van der Waals surface area contributed by atoms with Crippen LogP contribution in [0.5, 0.6) is 11.5 Å². The summed E-state index contributed by atoms with van der Waals surface area (Å²) in [5.41, 5.74) is 7.35. The van der Waals surface area contributed by atoms with Gasteiger partial charge in [-0.15, -0.1) is 0 Å². The molecule has 0 radical (unpaired) electrons. The zero-order valence-electron chi connectivity index (χ0n) is 16.3. The summed E-state index contributed by atoms with van der Waals surface area (Å²) in [6.07, 6.45) is 0.751. The summed E-state index contributed by atoms with van der Waals surface area (Å²) in [4.78, 5) is 15.7. The van der Waals surface area contributed by atoms with E-state index in [9.17, 15) is 13.6 Å². The molecule has 2 N–H and O–H groups in total. The number of hydrogen-bond donors (Lipinski definition) is 1. The number of piperazine rings is 1. The lowest BCUT2D eigenvalue weighted by molar-refractivity contribution is -0.119. The van der Waals surface area contributed by atoms with Gasteiger partial charge in [-0.05, 0) is 24.1 Å². The number of carbonyl (C=O) groups excluding carboxylic acids is 1. The van der Waals surface area contributed by atoms with Crippen LogP contribution >= 0.6 is 0 Å². The zero-order chi connectivity index (χ0) is 20.8. The molecule has 0 saturated carbocycles. The summed E-state index contributed by atoms with van der Waals surface area (Å²) in [6.45, 7) is -0.843. The maximum Gasteiger partial charge on any atom is 0.387 e. The first-order valence-corrected chi connectivity index (χ1v) is 9.40. The Hall–Kier alpha value is -2.87. The highest BCUT2D eigenvalue weighted by Crippen LogP contribution is 2.34. The van der Waals surface area contributed by atoms with E-state index in [-0.39, 0.29) is 30.0 Å². The van der Waals surface area contributed by atoms with E-state index in [2.05, 4.69) is 14.5 Å². The lowest BCUT2D eigenvalue weighted by Gasteiger charge is -2.42. The van der Waals surface area contributed by atoms with Crippen LogP contribution in [0.3, 0.4) is 0 Å². The fourth-order valence-electron chi connectivity index (χ4n) is 3.67. The highest BCUT2D eigenvalue weighted by molar-refractivity contribution is 5.76. The van der Waals surface area contributed by atoms with Gasteiger partial charge >= 0.3 is 6.61 Å². The molecule has 1 heterocycles. The second kappa shape index (κ2) is 9.56. The summed E-state index contributed by atoms with van der Waals surface area (Å²) in [6, 6.07) is 15.1. The Kier molecular flexibility index (Phi) is 6.87. The van der Waals surface area contributed by atoms with Crippen molar-refractivity contribution < 1.29 is 23.0 Å². The third-order valence-electron chi connectivity index (χ3n) is 5.01. The lowest BCUT2D eigenvalue weighted by atomic mass is 10.0. The maximum atomic E-state index is 12.7. The van der Waals surface area contributed by atoms with E-state index in [1.807, 2.05) is 36.4 Å². The number of ether oxygens (including phenoxy) is 2. The van der Waals surface area contributed by atoms with Crippen LogP contribution in [0.25, 0.3) is 0 Å². The number of methoxy groups -OCH3 is 1. The maximum absolute atomic E-state index is 12.7. The summed E-state index contributed by atoms with van der Waals surface area (Å²) in [5, 5.41) is 0. The standard InChI is InChI=1S/C21H25F2N3O3/c1-28-18-8-7-16(12-19(18)29-21(22)23)25-9-10-26(14-20(24)27)17(13-25)11-15-5-3-2-4-6-15/h2-8,12,17,21H,9-11,13-14H2,1H3,(H2,24,27)/t17-/m0/s1. The molecule has 1 amide bonds. The topological polar surface area (TPSA) is 68.0 Å². The van der Waals surface area contributed by atoms with E-state index in [0.29, 0.717) is 19.6 Å². The average Bonchev–Trinajstić information content (AvgIpc) is 2.69. The van der Waals surface area contributed by atoms with Crippen molar-refractivity contribution in [2.45, 2.75) is 19.1 Å². The van der Waals surface area contributed by atoms with E-state index >= 15 is 0 Å². The number of carbonyl (C=O) groups is 1. The SMILES string of the molecule is COc1ccc(N2CCN(CC(N)=O)[C@@H](Cc3ccccc3)C2)cc1OC(F)F. The van der Waals surface area contributed by atoms with Gasteiger partial charge in [0.1, 0.15) is 0 Å². The monoisotopic (exact) mass is 405 g/mol. The predicted octanol–water partition coefficient (Wildman–Crippen LogP) is 2.52. The Morgan fingerprint density at radius 2 is 1.93 bits per heavy atom. The minimum atomic E-state index is -2.93. The highest BCUT2D eigenvalue weighted by atomic mass is 19.3. The van der Waals surface area contributed by atoms with Crippen molar-refractivity contribution in [1.82, 2.24) is 4.90 Å². The fraction of sp³-hybridized carbons (Fsp3) is 0.381. The Labute approximate surface area is 168 Å². The molecule has 2 aromatic carbocycles. The highest BCUT2D eigenvalue weighted by Gasteiger charge is 2.29. The number of halogens is 2. The quantitative estimate of drug-likeness (QED) is 0.731. The summed E-state index contributed by atoms with van der Waals surface area (Å²) in [7, 11) is 1.41. The summed E-state index contributed by atoms with van der Waals surface area (Å²) in [5.74, 6) is -0.116. The van der Waals surface area contributed by atoms with E-state index in [0.717, 1.165) is 17.7 Å². The van der Waals surface area contributed by atoms with Crippen molar-refractivity contribution in [3.8, 4) is 11.5 Å². The first kappa shape index (κ1) is 20.9. The van der Waals surface area contributed by atoms with E-state index in [4.69, 9.17) is 10.5 Å². The number of hydrogen-bond acceptors (Lipinski definition) is 5. The second-order valence-corrected chi connectivity index (χ2v) is 6.94. The van der Waals surface area contributed by atoms with Gasteiger partial charge in [0.25, 0.3) is 0 Å². The van der Waals surface area contributed by atoms with E-state index in [1.165, 1.54) is 7.11 Å². The van der Waals surface area contributed by atoms with Gasteiger partial charge in [-0.3, -0.25) is 9.69 Å². The van der Waals surface area contributed by atoms with E-state index in [1.54, 1.807) is 12.1 Å². The van der Waals surface area contributed by atoms with Gasteiger partial charge in [0.2, 0.25) is 5.91 Å². The number of nitrogens with two attached hydrogens (primary N) is 1. The largest absolute Gasteiger partial charge is 0.493 e. The van der Waals surface area contributed by atoms with Crippen LogP contribution in [0.1, 0.15) is 5.56 Å². The molecular formula is C21H25F2N3O3. The molecule has 29 heavy (non-hydrogen) atoms. The Bertz CT molecular complexity index is 820. The molecule has 156 valence electrons. The van der Waals surface area contributed by atoms with E-state index < -0.39 is 6.61 Å². The van der Waals surface area contributed by atoms with Crippen LogP contribution in [0.2, 0.25) is 0 Å². The van der Waals surface area contributed by atoms with Gasteiger partial charge in [-0.25, -0.2) is 0 Å². The van der Waals surface area contributed by atoms with Gasteiger partial charge in [-0.1, -0.05) is 30.3 Å². The van der Waals surface area contributed by atoms with Crippen molar-refractivity contribution >= 4 is 11.6 Å². The van der Waals surface area contributed by atoms with Crippen LogP contribution in [0.15, 0.2) is 48.5 Å². The molecule has 1 aliphatic heterocycles. The van der Waals surface area contributed by atoms with Crippen LogP contribution in [-0.4, -0.2) is 56.7 Å². The van der Waals surface area contributed by atoms with Gasteiger partial charge in [0, 0.05) is 37.4 Å². The number of anilines is 1. The number of amides is 1. The Balaban J connectivity index is 1.81. The van der Waals surface area contributed by atoms with Gasteiger partial charge in [0.05, 0.1) is 13.7 Å². The normalized spacial score (nSPS) is 17.4. The molecule has 0 spiro atoms.